The summed E-state index contributed by atoms with van der Waals surface area (Å²) in [5.41, 5.74) is 1.97. The Bertz CT molecular complexity index is 662. The Hall–Kier alpha value is -1.69. The van der Waals surface area contributed by atoms with Crippen LogP contribution in [0, 0.1) is 0 Å². The highest BCUT2D eigenvalue weighted by molar-refractivity contribution is 7.10. The molecule has 0 aliphatic carbocycles. The minimum absolute atomic E-state index is 0.00915. The molecule has 1 aromatic heterocycles. The number of nitrogens with one attached hydrogen (secondary N) is 1. The highest BCUT2D eigenvalue weighted by Gasteiger charge is 2.24. The number of morpholine rings is 1. The van der Waals surface area contributed by atoms with Crippen molar-refractivity contribution in [1.82, 2.24) is 10.2 Å². The summed E-state index contributed by atoms with van der Waals surface area (Å²) in [6, 6.07) is 12.3. The summed E-state index contributed by atoms with van der Waals surface area (Å²) in [5.74, 6) is 0.465. The van der Waals surface area contributed by atoms with Crippen LogP contribution in [0.1, 0.15) is 46.6 Å². The third kappa shape index (κ3) is 4.69. The Morgan fingerprint density at radius 2 is 1.92 bits per heavy atom. The van der Waals surface area contributed by atoms with Gasteiger partial charge in [0, 0.05) is 30.1 Å². The third-order valence-electron chi connectivity index (χ3n) is 4.65. The minimum atomic E-state index is -0.00915. The van der Waals surface area contributed by atoms with Gasteiger partial charge < -0.3 is 10.1 Å². The molecule has 0 saturated carbocycles. The van der Waals surface area contributed by atoms with Crippen molar-refractivity contribution in [3.05, 3.63) is 57.8 Å². The quantitative estimate of drug-likeness (QED) is 0.856. The molecule has 2 heterocycles. The lowest BCUT2D eigenvalue weighted by Crippen LogP contribution is -2.43. The van der Waals surface area contributed by atoms with Gasteiger partial charge in [-0.25, -0.2) is 0 Å². The Morgan fingerprint density at radius 1 is 1.20 bits per heavy atom. The molecule has 1 N–H and O–H groups in total. The number of nitrogens with zero attached hydrogens (tertiary/aromatic N) is 1. The molecule has 1 atom stereocenters. The smallest absolute Gasteiger partial charge is 0.251 e. The fraction of sp³-hybridized carbons (Fsp3) is 0.450. The van der Waals surface area contributed by atoms with Gasteiger partial charge in [0.05, 0.1) is 19.3 Å². The van der Waals surface area contributed by atoms with Crippen LogP contribution in [0.5, 0.6) is 0 Å². The van der Waals surface area contributed by atoms with Gasteiger partial charge in [0.2, 0.25) is 0 Å². The van der Waals surface area contributed by atoms with Crippen LogP contribution in [-0.4, -0.2) is 43.7 Å². The number of hydrogen-bond acceptors (Lipinski definition) is 4. The summed E-state index contributed by atoms with van der Waals surface area (Å²) in [4.78, 5) is 16.2. The van der Waals surface area contributed by atoms with Crippen LogP contribution in [0.2, 0.25) is 0 Å². The summed E-state index contributed by atoms with van der Waals surface area (Å²) in [7, 11) is 0. The largest absolute Gasteiger partial charge is 0.379 e. The van der Waals surface area contributed by atoms with Crippen LogP contribution in [-0.2, 0) is 4.74 Å². The second-order valence-corrected chi connectivity index (χ2v) is 7.65. The normalized spacial score (nSPS) is 16.8. The molecule has 25 heavy (non-hydrogen) atoms. The van der Waals surface area contributed by atoms with Gasteiger partial charge in [-0.3, -0.25) is 9.69 Å². The lowest BCUT2D eigenvalue weighted by molar-refractivity contribution is 0.0169. The summed E-state index contributed by atoms with van der Waals surface area (Å²) in [6.45, 7) is 8.25. The van der Waals surface area contributed by atoms with Gasteiger partial charge in [-0.2, -0.15) is 0 Å². The average molecular weight is 359 g/mol. The lowest BCUT2D eigenvalue weighted by Gasteiger charge is -2.34. The second kappa shape index (κ2) is 8.61. The first-order valence-electron chi connectivity index (χ1n) is 8.88. The zero-order valence-corrected chi connectivity index (χ0v) is 15.7. The van der Waals surface area contributed by atoms with E-state index < -0.39 is 0 Å². The molecule has 134 valence electrons. The Kier molecular flexibility index (Phi) is 6.24. The predicted molar refractivity (Wildman–Crippen MR) is 102 cm³/mol. The summed E-state index contributed by atoms with van der Waals surface area (Å²) >= 11 is 1.74. The van der Waals surface area contributed by atoms with E-state index in [9.17, 15) is 4.79 Å². The van der Waals surface area contributed by atoms with Crippen LogP contribution in [0.25, 0.3) is 0 Å². The zero-order chi connectivity index (χ0) is 17.6. The molecule has 0 spiro atoms. The molecule has 1 saturated heterocycles. The van der Waals surface area contributed by atoms with Gasteiger partial charge in [-0.1, -0.05) is 32.0 Å². The van der Waals surface area contributed by atoms with E-state index in [1.165, 1.54) is 10.4 Å². The number of hydrogen-bond donors (Lipinski definition) is 1. The number of rotatable bonds is 6. The number of thiophene rings is 1. The van der Waals surface area contributed by atoms with E-state index in [4.69, 9.17) is 4.74 Å². The molecule has 1 aliphatic rings. The lowest BCUT2D eigenvalue weighted by atomic mass is 10.0. The molecular formula is C20H26N2O2S. The van der Waals surface area contributed by atoms with Gasteiger partial charge in [0.15, 0.2) is 0 Å². The Morgan fingerprint density at radius 3 is 2.52 bits per heavy atom. The van der Waals surface area contributed by atoms with Gasteiger partial charge in [0.1, 0.15) is 0 Å². The summed E-state index contributed by atoms with van der Waals surface area (Å²) < 4.78 is 5.47. The van der Waals surface area contributed by atoms with Crippen LogP contribution < -0.4 is 5.32 Å². The molecule has 1 aromatic carbocycles. The number of amides is 1. The Labute approximate surface area is 153 Å². The maximum absolute atomic E-state index is 12.5. The van der Waals surface area contributed by atoms with Crippen molar-refractivity contribution in [2.75, 3.05) is 32.8 Å². The van der Waals surface area contributed by atoms with E-state index in [1.54, 1.807) is 11.3 Å². The fourth-order valence-corrected chi connectivity index (χ4v) is 3.95. The van der Waals surface area contributed by atoms with Gasteiger partial charge in [-0.05, 0) is 35.1 Å². The van der Waals surface area contributed by atoms with Crippen molar-refractivity contribution in [3.8, 4) is 0 Å². The van der Waals surface area contributed by atoms with Gasteiger partial charge in [0.25, 0.3) is 5.91 Å². The molecule has 4 nitrogen and oxygen atoms in total. The van der Waals surface area contributed by atoms with Gasteiger partial charge in [-0.15, -0.1) is 11.3 Å². The molecule has 2 aromatic rings. The topological polar surface area (TPSA) is 41.6 Å². The SMILES string of the molecule is CC(C)c1ccc(C(=O)NC[C@H](c2cccs2)N2CCOCC2)cc1. The molecule has 0 unspecified atom stereocenters. The molecular weight excluding hydrogens is 332 g/mol. The summed E-state index contributed by atoms with van der Waals surface area (Å²) in [5, 5.41) is 5.21. The average Bonchev–Trinajstić information content (AvgIpc) is 3.17. The van der Waals surface area contributed by atoms with Crippen LogP contribution in [0.3, 0.4) is 0 Å². The second-order valence-electron chi connectivity index (χ2n) is 6.67. The van der Waals surface area contributed by atoms with Crippen molar-refractivity contribution in [2.45, 2.75) is 25.8 Å². The first-order chi connectivity index (χ1) is 12.1. The monoisotopic (exact) mass is 358 g/mol. The number of carbonyl (C=O) groups excluding carboxylic acids is 1. The van der Waals surface area contributed by atoms with E-state index >= 15 is 0 Å². The fourth-order valence-electron chi connectivity index (χ4n) is 3.09. The van der Waals surface area contributed by atoms with Crippen molar-refractivity contribution in [3.63, 3.8) is 0 Å². The highest BCUT2D eigenvalue weighted by Crippen LogP contribution is 2.25. The first-order valence-corrected chi connectivity index (χ1v) is 9.76. The molecule has 0 bridgehead atoms. The van der Waals surface area contributed by atoms with Gasteiger partial charge >= 0.3 is 0 Å². The molecule has 1 amide bonds. The molecule has 1 aliphatic heterocycles. The number of carbonyl (C=O) groups is 1. The predicted octanol–water partition coefficient (Wildman–Crippen LogP) is 3.67. The third-order valence-corrected chi connectivity index (χ3v) is 5.63. The van der Waals surface area contributed by atoms with Crippen molar-refractivity contribution in [1.29, 1.82) is 0 Å². The van der Waals surface area contributed by atoms with E-state index in [1.807, 2.05) is 24.3 Å². The molecule has 3 rings (SSSR count). The first kappa shape index (κ1) is 18.1. The van der Waals surface area contributed by atoms with E-state index in [2.05, 4.69) is 41.6 Å². The van der Waals surface area contributed by atoms with Crippen molar-refractivity contribution >= 4 is 17.2 Å². The van der Waals surface area contributed by atoms with E-state index in [-0.39, 0.29) is 11.9 Å². The number of ether oxygens (including phenoxy) is 1. The molecule has 0 radical (unpaired) electrons. The van der Waals surface area contributed by atoms with Crippen molar-refractivity contribution in [2.24, 2.45) is 0 Å². The maximum Gasteiger partial charge on any atom is 0.251 e. The van der Waals surface area contributed by atoms with Crippen molar-refractivity contribution < 1.29 is 9.53 Å². The summed E-state index contributed by atoms with van der Waals surface area (Å²) in [6.07, 6.45) is 0. The zero-order valence-electron chi connectivity index (χ0n) is 14.9. The number of benzene rings is 1. The Balaban J connectivity index is 1.64. The molecule has 1 fully saturated rings. The highest BCUT2D eigenvalue weighted by atomic mass is 32.1. The van der Waals surface area contributed by atoms with E-state index in [0.29, 0.717) is 12.5 Å². The maximum atomic E-state index is 12.5. The molecule has 5 heteroatoms. The minimum Gasteiger partial charge on any atom is -0.379 e. The van der Waals surface area contributed by atoms with Crippen LogP contribution in [0.4, 0.5) is 0 Å². The van der Waals surface area contributed by atoms with E-state index in [0.717, 1.165) is 31.9 Å². The van der Waals surface area contributed by atoms with Crippen LogP contribution >= 0.6 is 11.3 Å². The standard InChI is InChI=1S/C20H26N2O2S/c1-15(2)16-5-7-17(8-6-16)20(23)21-14-18(19-4-3-13-25-19)22-9-11-24-12-10-22/h3-8,13,15,18H,9-12,14H2,1-2H3,(H,21,23)/t18-/m1/s1. The van der Waals surface area contributed by atoms with Crippen LogP contribution in [0.15, 0.2) is 41.8 Å².